The monoisotopic (exact) mass is 680 g/mol. The van der Waals surface area contributed by atoms with Crippen molar-refractivity contribution in [1.82, 2.24) is 0 Å². The van der Waals surface area contributed by atoms with Gasteiger partial charge in [0.2, 0.25) is 0 Å². The molecule has 264 valence electrons. The number of aryl methyl sites for hydroxylation is 1. The molecule has 1 aliphatic rings. The Labute approximate surface area is 289 Å². The summed E-state index contributed by atoms with van der Waals surface area (Å²) in [5, 5.41) is 10.4. The normalized spacial score (nSPS) is 14.0. The van der Waals surface area contributed by atoms with Gasteiger partial charge < -0.3 is 37.3 Å². The molecule has 1 saturated heterocycles. The quantitative estimate of drug-likeness (QED) is 0.0742. The summed E-state index contributed by atoms with van der Waals surface area (Å²) in [7, 11) is -2.69. The Morgan fingerprint density at radius 1 is 0.646 bits per heavy atom. The van der Waals surface area contributed by atoms with Crippen molar-refractivity contribution in [1.29, 1.82) is 0 Å². The van der Waals surface area contributed by atoms with E-state index in [1.807, 2.05) is 57.2 Å². The zero-order valence-electron chi connectivity index (χ0n) is 29.5. The number of unbranched alkanes of at least 4 members (excludes halogenated alkanes) is 3. The van der Waals surface area contributed by atoms with Crippen LogP contribution in [0.1, 0.15) is 71.8 Å². The first-order valence-corrected chi connectivity index (χ1v) is 19.8. The van der Waals surface area contributed by atoms with Crippen molar-refractivity contribution in [2.45, 2.75) is 78.7 Å². The zero-order valence-corrected chi connectivity index (χ0v) is 30.5. The highest BCUT2D eigenvalue weighted by Crippen LogP contribution is 2.33. The lowest BCUT2D eigenvalue weighted by Gasteiger charge is -2.40. The van der Waals surface area contributed by atoms with Gasteiger partial charge in [-0.15, -0.1) is 0 Å². The molecule has 1 aliphatic heterocycles. The van der Waals surface area contributed by atoms with Crippen LogP contribution >= 0.6 is 0 Å². The fraction of sp³-hybridized carbons (Fsp3) is 0.538. The van der Waals surface area contributed by atoms with E-state index in [0.717, 1.165) is 85.7 Å². The van der Waals surface area contributed by atoms with E-state index >= 15 is 0 Å². The molecular weight excluding hydrogens is 625 g/mol. The average Bonchev–Trinajstić information content (AvgIpc) is 3.08. The molecule has 0 spiro atoms. The Kier molecular flexibility index (Phi) is 15.6. The molecule has 0 bridgehead atoms. The van der Waals surface area contributed by atoms with E-state index in [4.69, 9.17) is 32.2 Å². The van der Waals surface area contributed by atoms with E-state index in [-0.39, 0.29) is 11.2 Å². The smallest absolute Gasteiger partial charge is 0.500 e. The summed E-state index contributed by atoms with van der Waals surface area (Å²) < 4.78 is 41.3. The van der Waals surface area contributed by atoms with Gasteiger partial charge in [0, 0.05) is 25.9 Å². The fourth-order valence-corrected chi connectivity index (χ4v) is 8.40. The van der Waals surface area contributed by atoms with Gasteiger partial charge in [0.1, 0.15) is 23.0 Å². The lowest BCUT2D eigenvalue weighted by Crippen LogP contribution is -2.46. The van der Waals surface area contributed by atoms with E-state index in [0.29, 0.717) is 52.1 Å². The summed E-state index contributed by atoms with van der Waals surface area (Å²) in [6.45, 7) is 13.4. The van der Waals surface area contributed by atoms with Crippen LogP contribution in [0.3, 0.4) is 0 Å². The highest BCUT2D eigenvalue weighted by atomic mass is 28.4. The number of rotatable bonds is 24. The van der Waals surface area contributed by atoms with Gasteiger partial charge in [-0.1, -0.05) is 31.2 Å². The van der Waals surface area contributed by atoms with Gasteiger partial charge in [-0.05, 0) is 125 Å². The SMILES string of the molecule is CCO[Si](CCCc1cc(OCCCCCCOc2ccc(-c3ccc(OCC4(CC)COC4)cc3)cc2)ccc1O)(OCC)OCC. The largest absolute Gasteiger partial charge is 0.508 e. The number of hydrogen-bond donors (Lipinski definition) is 1. The maximum absolute atomic E-state index is 10.4. The van der Waals surface area contributed by atoms with Crippen molar-refractivity contribution in [3.05, 3.63) is 72.3 Å². The van der Waals surface area contributed by atoms with Gasteiger partial charge in [0.05, 0.1) is 38.4 Å². The summed E-state index contributed by atoms with van der Waals surface area (Å²) in [6, 6.07) is 22.8. The van der Waals surface area contributed by atoms with Gasteiger partial charge in [0.15, 0.2) is 0 Å². The summed E-state index contributed by atoms with van der Waals surface area (Å²) in [6.07, 6.45) is 6.68. The topological polar surface area (TPSA) is 84.8 Å². The number of hydrogen-bond acceptors (Lipinski definition) is 8. The third kappa shape index (κ3) is 11.5. The third-order valence-corrected chi connectivity index (χ3v) is 12.0. The van der Waals surface area contributed by atoms with Gasteiger partial charge in [-0.3, -0.25) is 0 Å². The van der Waals surface area contributed by atoms with Crippen LogP contribution in [0.15, 0.2) is 66.7 Å². The van der Waals surface area contributed by atoms with E-state index in [2.05, 4.69) is 31.2 Å². The Hall–Kier alpha value is -3.08. The maximum atomic E-state index is 10.4. The molecule has 1 fully saturated rings. The van der Waals surface area contributed by atoms with E-state index < -0.39 is 8.80 Å². The second-order valence-corrected chi connectivity index (χ2v) is 15.2. The molecule has 8 nitrogen and oxygen atoms in total. The molecular formula is C39H56O8Si. The predicted molar refractivity (Wildman–Crippen MR) is 192 cm³/mol. The summed E-state index contributed by atoms with van der Waals surface area (Å²) in [4.78, 5) is 0. The molecule has 48 heavy (non-hydrogen) atoms. The summed E-state index contributed by atoms with van der Waals surface area (Å²) in [5.41, 5.74) is 3.36. The van der Waals surface area contributed by atoms with Crippen molar-refractivity contribution in [3.63, 3.8) is 0 Å². The van der Waals surface area contributed by atoms with Crippen molar-refractivity contribution >= 4 is 8.80 Å². The van der Waals surface area contributed by atoms with Gasteiger partial charge in [-0.2, -0.15) is 0 Å². The Morgan fingerprint density at radius 3 is 1.67 bits per heavy atom. The molecule has 3 aromatic rings. The van der Waals surface area contributed by atoms with Gasteiger partial charge in [0.25, 0.3) is 0 Å². The first-order chi connectivity index (χ1) is 23.4. The number of phenols is 1. The van der Waals surface area contributed by atoms with Gasteiger partial charge in [-0.25, -0.2) is 0 Å². The first kappa shape index (κ1) is 37.7. The lowest BCUT2D eigenvalue weighted by atomic mass is 9.84. The highest BCUT2D eigenvalue weighted by molar-refractivity contribution is 6.60. The Bertz CT molecular complexity index is 1300. The Morgan fingerprint density at radius 2 is 1.17 bits per heavy atom. The van der Waals surface area contributed by atoms with Crippen molar-refractivity contribution in [2.75, 3.05) is 52.9 Å². The van der Waals surface area contributed by atoms with Crippen molar-refractivity contribution in [3.8, 4) is 34.1 Å². The number of aromatic hydroxyl groups is 1. The van der Waals surface area contributed by atoms with Crippen LogP contribution in [0.2, 0.25) is 6.04 Å². The molecule has 3 aromatic carbocycles. The van der Waals surface area contributed by atoms with Crippen LogP contribution in [0.25, 0.3) is 11.1 Å². The van der Waals surface area contributed by atoms with Crippen molar-refractivity contribution < 1.29 is 37.3 Å². The minimum atomic E-state index is -2.69. The van der Waals surface area contributed by atoms with Crippen LogP contribution in [0.4, 0.5) is 0 Å². The minimum Gasteiger partial charge on any atom is -0.508 e. The molecule has 4 rings (SSSR count). The van der Waals surface area contributed by atoms with Crippen molar-refractivity contribution in [2.24, 2.45) is 5.41 Å². The number of benzene rings is 3. The molecule has 0 aliphatic carbocycles. The van der Waals surface area contributed by atoms with Gasteiger partial charge >= 0.3 is 8.80 Å². The van der Waals surface area contributed by atoms with Crippen LogP contribution in [-0.4, -0.2) is 66.8 Å². The van der Waals surface area contributed by atoms with Crippen LogP contribution in [0.5, 0.6) is 23.0 Å². The lowest BCUT2D eigenvalue weighted by molar-refractivity contribution is -0.133. The first-order valence-electron chi connectivity index (χ1n) is 17.8. The van der Waals surface area contributed by atoms with Crippen LogP contribution in [0, 0.1) is 5.41 Å². The van der Waals surface area contributed by atoms with E-state index in [9.17, 15) is 5.11 Å². The van der Waals surface area contributed by atoms with E-state index in [1.165, 1.54) is 0 Å². The molecule has 0 saturated carbocycles. The fourth-order valence-electron chi connectivity index (χ4n) is 5.79. The summed E-state index contributed by atoms with van der Waals surface area (Å²) in [5.74, 6) is 2.85. The van der Waals surface area contributed by atoms with Crippen LogP contribution in [-0.2, 0) is 24.4 Å². The van der Waals surface area contributed by atoms with Crippen LogP contribution < -0.4 is 14.2 Å². The second-order valence-electron chi connectivity index (χ2n) is 12.4. The third-order valence-electron chi connectivity index (χ3n) is 8.80. The molecule has 0 amide bonds. The number of phenolic OH excluding ortho intramolecular Hbond substituents is 1. The summed E-state index contributed by atoms with van der Waals surface area (Å²) >= 11 is 0. The molecule has 1 N–H and O–H groups in total. The molecule has 0 unspecified atom stereocenters. The number of ether oxygens (including phenoxy) is 4. The molecule has 0 aromatic heterocycles. The maximum Gasteiger partial charge on any atom is 0.500 e. The average molecular weight is 681 g/mol. The minimum absolute atomic E-state index is 0.179. The van der Waals surface area contributed by atoms with E-state index in [1.54, 1.807) is 6.07 Å². The Balaban J connectivity index is 1.09. The zero-order chi connectivity index (χ0) is 34.1. The predicted octanol–water partition coefficient (Wildman–Crippen LogP) is 8.86. The molecule has 1 heterocycles. The standard InChI is InChI=1S/C39H56O8Si/c1-5-39(29-41-30-39)31-44-36-21-17-33(18-22-36)32-15-19-35(20-16-32)42-25-11-9-10-12-26-43-37-23-24-38(40)34(28-37)14-13-27-48(45-6-2,46-7-3)47-8-4/h15-24,28,40H,5-14,25-27,29-31H2,1-4H3. The molecule has 0 atom stereocenters. The molecule has 9 heteroatoms. The highest BCUT2D eigenvalue weighted by Gasteiger charge is 2.40. The second kappa shape index (κ2) is 19.8. The molecule has 0 radical (unpaired) electrons.